The quantitative estimate of drug-likeness (QED) is 0.744. The summed E-state index contributed by atoms with van der Waals surface area (Å²) < 4.78 is 5.23. The van der Waals surface area contributed by atoms with Gasteiger partial charge in [0.25, 0.3) is 0 Å². The number of nitrogens with one attached hydrogen (secondary N) is 1. The van der Waals surface area contributed by atoms with Crippen LogP contribution in [0.3, 0.4) is 0 Å². The van der Waals surface area contributed by atoms with Crippen molar-refractivity contribution in [1.82, 2.24) is 5.32 Å². The first-order valence-corrected chi connectivity index (χ1v) is 6.28. The Bertz CT molecular complexity index is 279. The molecule has 0 heterocycles. The summed E-state index contributed by atoms with van der Waals surface area (Å²) in [5.41, 5.74) is 0.190. The summed E-state index contributed by atoms with van der Waals surface area (Å²) in [4.78, 5) is 11.5. The van der Waals surface area contributed by atoms with Crippen molar-refractivity contribution in [2.75, 3.05) is 0 Å². The Labute approximate surface area is 97.9 Å². The molecule has 92 valence electrons. The van der Waals surface area contributed by atoms with Crippen LogP contribution in [0.5, 0.6) is 0 Å². The lowest BCUT2D eigenvalue weighted by Gasteiger charge is -2.57. The van der Waals surface area contributed by atoms with Crippen molar-refractivity contribution in [3.63, 3.8) is 0 Å². The molecule has 1 spiro atoms. The van der Waals surface area contributed by atoms with Crippen LogP contribution < -0.4 is 5.32 Å². The van der Waals surface area contributed by atoms with Crippen LogP contribution in [0.1, 0.15) is 53.4 Å². The third kappa shape index (κ3) is 2.50. The fourth-order valence-electron chi connectivity index (χ4n) is 3.31. The van der Waals surface area contributed by atoms with E-state index in [1.807, 2.05) is 20.8 Å². The summed E-state index contributed by atoms with van der Waals surface area (Å²) in [7, 11) is 0. The molecule has 0 saturated heterocycles. The second-order valence-corrected chi connectivity index (χ2v) is 6.76. The first-order chi connectivity index (χ1) is 7.28. The maximum Gasteiger partial charge on any atom is 0.407 e. The number of ether oxygens (including phenoxy) is 1. The van der Waals surface area contributed by atoms with Crippen molar-refractivity contribution in [1.29, 1.82) is 0 Å². The van der Waals surface area contributed by atoms with Crippen LogP contribution in [0.2, 0.25) is 0 Å². The third-order valence-corrected chi connectivity index (χ3v) is 3.64. The SMILES string of the molecule is CC1CC2(C1)CC(NC(=O)OC(C)(C)C)C2. The summed E-state index contributed by atoms with van der Waals surface area (Å²) in [5, 5.41) is 2.95. The largest absolute Gasteiger partial charge is 0.444 e. The molecule has 2 rings (SSSR count). The van der Waals surface area contributed by atoms with E-state index in [-0.39, 0.29) is 6.09 Å². The van der Waals surface area contributed by atoms with Gasteiger partial charge in [-0.2, -0.15) is 0 Å². The highest BCUT2D eigenvalue weighted by Gasteiger charge is 2.51. The van der Waals surface area contributed by atoms with Crippen molar-refractivity contribution in [3.05, 3.63) is 0 Å². The predicted octanol–water partition coefficient (Wildman–Crippen LogP) is 3.09. The van der Waals surface area contributed by atoms with Crippen molar-refractivity contribution in [2.45, 2.75) is 65.0 Å². The first-order valence-electron chi connectivity index (χ1n) is 6.28. The van der Waals surface area contributed by atoms with E-state index in [4.69, 9.17) is 4.74 Å². The topological polar surface area (TPSA) is 38.3 Å². The molecule has 2 fully saturated rings. The van der Waals surface area contributed by atoms with Gasteiger partial charge in [-0.1, -0.05) is 6.92 Å². The Morgan fingerprint density at radius 3 is 2.25 bits per heavy atom. The van der Waals surface area contributed by atoms with Gasteiger partial charge in [-0.15, -0.1) is 0 Å². The zero-order valence-corrected chi connectivity index (χ0v) is 10.8. The Balaban J connectivity index is 1.68. The molecule has 0 bridgehead atoms. The van der Waals surface area contributed by atoms with E-state index in [0.29, 0.717) is 11.5 Å². The lowest BCUT2D eigenvalue weighted by molar-refractivity contribution is -0.0444. The van der Waals surface area contributed by atoms with Crippen LogP contribution in [0.4, 0.5) is 4.79 Å². The summed E-state index contributed by atoms with van der Waals surface area (Å²) in [6, 6.07) is 0.349. The van der Waals surface area contributed by atoms with Gasteiger partial charge in [0, 0.05) is 6.04 Å². The molecular weight excluding hydrogens is 202 g/mol. The number of amides is 1. The molecule has 3 nitrogen and oxygen atoms in total. The maximum atomic E-state index is 11.5. The second kappa shape index (κ2) is 3.64. The zero-order valence-electron chi connectivity index (χ0n) is 10.8. The zero-order chi connectivity index (χ0) is 12.0. The summed E-state index contributed by atoms with van der Waals surface area (Å²) in [6.45, 7) is 7.98. The Morgan fingerprint density at radius 2 is 1.81 bits per heavy atom. The number of hydrogen-bond acceptors (Lipinski definition) is 2. The molecule has 0 aliphatic heterocycles. The van der Waals surface area contributed by atoms with E-state index in [9.17, 15) is 4.79 Å². The number of carbonyl (C=O) groups is 1. The minimum atomic E-state index is -0.392. The van der Waals surface area contributed by atoms with Gasteiger partial charge in [0.1, 0.15) is 5.60 Å². The van der Waals surface area contributed by atoms with E-state index >= 15 is 0 Å². The Kier molecular flexibility index (Phi) is 2.67. The molecule has 3 heteroatoms. The van der Waals surface area contributed by atoms with Gasteiger partial charge in [-0.25, -0.2) is 4.79 Å². The lowest BCUT2D eigenvalue weighted by atomic mass is 9.50. The van der Waals surface area contributed by atoms with Crippen molar-refractivity contribution >= 4 is 6.09 Å². The van der Waals surface area contributed by atoms with Crippen LogP contribution in [0, 0.1) is 11.3 Å². The lowest BCUT2D eigenvalue weighted by Crippen LogP contribution is -2.56. The van der Waals surface area contributed by atoms with Gasteiger partial charge < -0.3 is 10.1 Å². The Hall–Kier alpha value is -0.730. The molecular formula is C13H23NO2. The second-order valence-electron chi connectivity index (χ2n) is 6.76. The van der Waals surface area contributed by atoms with Crippen molar-refractivity contribution in [2.24, 2.45) is 11.3 Å². The summed E-state index contributed by atoms with van der Waals surface area (Å²) in [6.07, 6.45) is 4.73. The van der Waals surface area contributed by atoms with Gasteiger partial charge in [0.2, 0.25) is 0 Å². The van der Waals surface area contributed by atoms with Crippen LogP contribution >= 0.6 is 0 Å². The average Bonchev–Trinajstić information content (AvgIpc) is 1.93. The number of hydrogen-bond donors (Lipinski definition) is 1. The normalized spacial score (nSPS) is 37.5. The Morgan fingerprint density at radius 1 is 1.25 bits per heavy atom. The van der Waals surface area contributed by atoms with E-state index < -0.39 is 5.60 Å². The number of alkyl carbamates (subject to hydrolysis) is 1. The smallest absolute Gasteiger partial charge is 0.407 e. The van der Waals surface area contributed by atoms with E-state index in [1.165, 1.54) is 12.8 Å². The van der Waals surface area contributed by atoms with Crippen molar-refractivity contribution < 1.29 is 9.53 Å². The van der Waals surface area contributed by atoms with Gasteiger partial charge in [-0.05, 0) is 57.8 Å². The van der Waals surface area contributed by atoms with E-state index in [1.54, 1.807) is 0 Å². The van der Waals surface area contributed by atoms with E-state index in [0.717, 1.165) is 18.8 Å². The predicted molar refractivity (Wildman–Crippen MR) is 63.2 cm³/mol. The van der Waals surface area contributed by atoms with Crippen LogP contribution in [-0.4, -0.2) is 17.7 Å². The molecule has 0 aromatic heterocycles. The minimum absolute atomic E-state index is 0.264. The molecule has 2 saturated carbocycles. The highest BCUT2D eigenvalue weighted by atomic mass is 16.6. The number of carbonyl (C=O) groups excluding carboxylic acids is 1. The van der Waals surface area contributed by atoms with Crippen LogP contribution in [0.25, 0.3) is 0 Å². The third-order valence-electron chi connectivity index (χ3n) is 3.64. The highest BCUT2D eigenvalue weighted by molar-refractivity contribution is 5.68. The molecule has 0 unspecified atom stereocenters. The van der Waals surface area contributed by atoms with Crippen LogP contribution in [0.15, 0.2) is 0 Å². The average molecular weight is 225 g/mol. The minimum Gasteiger partial charge on any atom is -0.444 e. The molecule has 0 atom stereocenters. The maximum absolute atomic E-state index is 11.5. The molecule has 1 N–H and O–H groups in total. The standard InChI is InChI=1S/C13H23NO2/c1-9-5-13(6-9)7-10(8-13)14-11(15)16-12(2,3)4/h9-10H,5-8H2,1-4H3,(H,14,15). The molecule has 0 radical (unpaired) electrons. The monoisotopic (exact) mass is 225 g/mol. The highest BCUT2D eigenvalue weighted by Crippen LogP contribution is 2.58. The molecule has 16 heavy (non-hydrogen) atoms. The number of rotatable bonds is 1. The first kappa shape index (κ1) is 11.7. The molecule has 1 amide bonds. The van der Waals surface area contributed by atoms with Gasteiger partial charge in [0.15, 0.2) is 0 Å². The molecule has 0 aromatic rings. The summed E-state index contributed by atoms with van der Waals surface area (Å²) >= 11 is 0. The van der Waals surface area contributed by atoms with Crippen molar-refractivity contribution in [3.8, 4) is 0 Å². The van der Waals surface area contributed by atoms with E-state index in [2.05, 4.69) is 12.2 Å². The van der Waals surface area contributed by atoms with Gasteiger partial charge in [-0.3, -0.25) is 0 Å². The van der Waals surface area contributed by atoms with Gasteiger partial charge in [0.05, 0.1) is 0 Å². The van der Waals surface area contributed by atoms with Crippen LogP contribution in [-0.2, 0) is 4.74 Å². The molecule has 2 aliphatic rings. The molecule has 2 aliphatic carbocycles. The van der Waals surface area contributed by atoms with Gasteiger partial charge >= 0.3 is 6.09 Å². The molecule has 0 aromatic carbocycles. The summed E-state index contributed by atoms with van der Waals surface area (Å²) in [5.74, 6) is 0.891. The fourth-order valence-corrected chi connectivity index (χ4v) is 3.31. The fraction of sp³-hybridized carbons (Fsp3) is 0.923.